The van der Waals surface area contributed by atoms with E-state index in [2.05, 4.69) is 27.9 Å². The van der Waals surface area contributed by atoms with Gasteiger partial charge in [0, 0.05) is 15.9 Å². The Balaban J connectivity index is 2.40. The number of anilines is 1. The average molecular weight is 379 g/mol. The molecule has 2 N–H and O–H groups in total. The van der Waals surface area contributed by atoms with E-state index < -0.39 is 0 Å². The van der Waals surface area contributed by atoms with Gasteiger partial charge < -0.3 is 10.4 Å². The summed E-state index contributed by atoms with van der Waals surface area (Å²) in [5.74, 6) is 1.48. The van der Waals surface area contributed by atoms with Gasteiger partial charge in [-0.2, -0.15) is 11.8 Å². The fourth-order valence-corrected chi connectivity index (χ4v) is 2.89. The van der Waals surface area contributed by atoms with Crippen molar-refractivity contribution in [1.29, 1.82) is 0 Å². The third kappa shape index (κ3) is 5.58. The molecular weight excluding hydrogens is 361 g/mol. The van der Waals surface area contributed by atoms with Crippen LogP contribution < -0.4 is 5.32 Å². The van der Waals surface area contributed by atoms with Crippen LogP contribution >= 0.6 is 34.4 Å². The van der Waals surface area contributed by atoms with E-state index in [9.17, 15) is 4.79 Å². The van der Waals surface area contributed by atoms with Gasteiger partial charge in [0.05, 0.1) is 5.75 Å². The molecule has 0 fully saturated rings. The van der Waals surface area contributed by atoms with Crippen LogP contribution in [-0.2, 0) is 4.79 Å². The maximum atomic E-state index is 11.7. The minimum atomic E-state index is 0.00875. The maximum Gasteiger partial charge on any atom is 0.234 e. The fraction of sp³-hybridized carbons (Fsp3) is 0.462. The first-order valence-electron chi connectivity index (χ1n) is 5.77. The van der Waals surface area contributed by atoms with Crippen LogP contribution in [0.2, 0.25) is 0 Å². The van der Waals surface area contributed by atoms with Gasteiger partial charge >= 0.3 is 0 Å². The molecule has 0 spiro atoms. The largest absolute Gasteiger partial charge is 0.396 e. The number of benzene rings is 1. The van der Waals surface area contributed by atoms with Crippen molar-refractivity contribution in [2.45, 2.75) is 13.8 Å². The van der Waals surface area contributed by atoms with E-state index in [1.807, 2.05) is 32.0 Å². The highest BCUT2D eigenvalue weighted by Gasteiger charge is 2.07. The molecule has 1 unspecified atom stereocenters. The third-order valence-electron chi connectivity index (χ3n) is 2.41. The van der Waals surface area contributed by atoms with E-state index in [4.69, 9.17) is 5.11 Å². The normalized spacial score (nSPS) is 12.2. The number of carbonyl (C=O) groups is 1. The molecule has 100 valence electrons. The van der Waals surface area contributed by atoms with Gasteiger partial charge in [0.2, 0.25) is 5.91 Å². The standard InChI is InChI=1S/C13H18INO2S/c1-9(6-16)7-18-8-13(17)15-12-4-3-11(14)5-10(12)2/h3-5,9,16H,6-8H2,1-2H3,(H,15,17). The second kappa shape index (κ2) is 8.01. The van der Waals surface area contributed by atoms with Crippen LogP contribution in [-0.4, -0.2) is 29.1 Å². The first-order chi connectivity index (χ1) is 8.52. The Labute approximate surface area is 126 Å². The van der Waals surface area contributed by atoms with E-state index in [0.29, 0.717) is 5.75 Å². The minimum Gasteiger partial charge on any atom is -0.396 e. The topological polar surface area (TPSA) is 49.3 Å². The van der Waals surface area contributed by atoms with Gasteiger partial charge in [-0.1, -0.05) is 6.92 Å². The average Bonchev–Trinajstić information content (AvgIpc) is 2.32. The van der Waals surface area contributed by atoms with Gasteiger partial charge in [0.25, 0.3) is 0 Å². The lowest BCUT2D eigenvalue weighted by molar-refractivity contribution is -0.113. The van der Waals surface area contributed by atoms with Crippen molar-refractivity contribution < 1.29 is 9.90 Å². The zero-order valence-corrected chi connectivity index (χ0v) is 13.5. The molecule has 3 nitrogen and oxygen atoms in total. The second-order valence-corrected chi connectivity index (χ2v) is 6.59. The van der Waals surface area contributed by atoms with Crippen molar-refractivity contribution >= 4 is 45.9 Å². The highest BCUT2D eigenvalue weighted by Crippen LogP contribution is 2.18. The highest BCUT2D eigenvalue weighted by atomic mass is 127. The van der Waals surface area contributed by atoms with Crippen molar-refractivity contribution in [1.82, 2.24) is 0 Å². The zero-order valence-electron chi connectivity index (χ0n) is 10.6. The SMILES string of the molecule is Cc1cc(I)ccc1NC(=O)CSCC(C)CO. The summed E-state index contributed by atoms with van der Waals surface area (Å²) in [6.45, 7) is 4.12. The molecule has 0 aromatic heterocycles. The van der Waals surface area contributed by atoms with Crippen molar-refractivity contribution in [3.05, 3.63) is 27.3 Å². The Morgan fingerprint density at radius 1 is 1.56 bits per heavy atom. The van der Waals surface area contributed by atoms with Gasteiger partial charge in [-0.05, 0) is 64.9 Å². The second-order valence-electron chi connectivity index (χ2n) is 4.31. The summed E-state index contributed by atoms with van der Waals surface area (Å²) < 4.78 is 1.16. The molecule has 0 saturated heterocycles. The quantitative estimate of drug-likeness (QED) is 0.748. The van der Waals surface area contributed by atoms with Crippen LogP contribution in [0.15, 0.2) is 18.2 Å². The summed E-state index contributed by atoms with van der Waals surface area (Å²) in [6, 6.07) is 5.94. The number of halogens is 1. The first kappa shape index (κ1) is 15.8. The molecule has 0 aliphatic heterocycles. The lowest BCUT2D eigenvalue weighted by atomic mass is 10.2. The first-order valence-corrected chi connectivity index (χ1v) is 8.01. The zero-order chi connectivity index (χ0) is 13.5. The highest BCUT2D eigenvalue weighted by molar-refractivity contribution is 14.1. The number of hydrogen-bond acceptors (Lipinski definition) is 3. The van der Waals surface area contributed by atoms with Crippen LogP contribution in [0.3, 0.4) is 0 Å². The smallest absolute Gasteiger partial charge is 0.234 e. The molecule has 0 radical (unpaired) electrons. The van der Waals surface area contributed by atoms with Crippen molar-refractivity contribution in [2.75, 3.05) is 23.4 Å². The van der Waals surface area contributed by atoms with Crippen LogP contribution in [0.4, 0.5) is 5.69 Å². The Hall–Kier alpha value is -0.270. The summed E-state index contributed by atoms with van der Waals surface area (Å²) in [5, 5.41) is 11.8. The minimum absolute atomic E-state index is 0.00875. The van der Waals surface area contributed by atoms with Gasteiger partial charge in [-0.3, -0.25) is 4.79 Å². The predicted octanol–water partition coefficient (Wildman–Crippen LogP) is 2.90. The Morgan fingerprint density at radius 2 is 2.28 bits per heavy atom. The molecule has 18 heavy (non-hydrogen) atoms. The number of amides is 1. The fourth-order valence-electron chi connectivity index (χ4n) is 1.36. The molecule has 1 aromatic rings. The van der Waals surface area contributed by atoms with E-state index in [0.717, 1.165) is 20.6 Å². The van der Waals surface area contributed by atoms with Crippen molar-refractivity contribution in [2.24, 2.45) is 5.92 Å². The number of thioether (sulfide) groups is 1. The number of hydrogen-bond donors (Lipinski definition) is 2. The van der Waals surface area contributed by atoms with Crippen LogP contribution in [0.25, 0.3) is 0 Å². The lowest BCUT2D eigenvalue weighted by Gasteiger charge is -2.10. The van der Waals surface area contributed by atoms with Crippen LogP contribution in [0.1, 0.15) is 12.5 Å². The molecule has 0 heterocycles. The summed E-state index contributed by atoms with van der Waals surface area (Å²) in [6.07, 6.45) is 0. The Morgan fingerprint density at radius 3 is 2.89 bits per heavy atom. The summed E-state index contributed by atoms with van der Waals surface area (Å²) in [7, 11) is 0. The molecule has 1 rings (SSSR count). The molecular formula is C13H18INO2S. The van der Waals surface area contributed by atoms with Gasteiger partial charge in [-0.25, -0.2) is 0 Å². The van der Waals surface area contributed by atoms with Crippen LogP contribution in [0.5, 0.6) is 0 Å². The molecule has 1 amide bonds. The lowest BCUT2D eigenvalue weighted by Crippen LogP contribution is -2.16. The number of rotatable bonds is 6. The van der Waals surface area contributed by atoms with E-state index in [1.54, 1.807) is 11.8 Å². The van der Waals surface area contributed by atoms with Gasteiger partial charge in [-0.15, -0.1) is 0 Å². The number of aliphatic hydroxyl groups is 1. The maximum absolute atomic E-state index is 11.7. The van der Waals surface area contributed by atoms with Gasteiger partial charge in [0.15, 0.2) is 0 Å². The van der Waals surface area contributed by atoms with E-state index in [-0.39, 0.29) is 18.4 Å². The number of nitrogens with one attached hydrogen (secondary N) is 1. The molecule has 1 atom stereocenters. The Bertz CT molecular complexity index is 412. The molecule has 1 aromatic carbocycles. The number of aliphatic hydroxyl groups excluding tert-OH is 1. The Kier molecular flexibility index (Phi) is 7.03. The van der Waals surface area contributed by atoms with Crippen LogP contribution in [0, 0.1) is 16.4 Å². The third-order valence-corrected chi connectivity index (χ3v) is 4.35. The van der Waals surface area contributed by atoms with E-state index >= 15 is 0 Å². The molecule has 0 aliphatic carbocycles. The van der Waals surface area contributed by atoms with Gasteiger partial charge in [0.1, 0.15) is 0 Å². The van der Waals surface area contributed by atoms with Crippen molar-refractivity contribution in [3.63, 3.8) is 0 Å². The van der Waals surface area contributed by atoms with E-state index in [1.165, 1.54) is 0 Å². The number of aryl methyl sites for hydroxylation is 1. The number of carbonyl (C=O) groups excluding carboxylic acids is 1. The molecule has 0 saturated carbocycles. The summed E-state index contributed by atoms with van der Waals surface area (Å²) >= 11 is 3.80. The summed E-state index contributed by atoms with van der Waals surface area (Å²) in [5.41, 5.74) is 1.94. The predicted molar refractivity (Wildman–Crippen MR) is 86.1 cm³/mol. The molecule has 0 aliphatic rings. The monoisotopic (exact) mass is 379 g/mol. The molecule has 5 heteroatoms. The summed E-state index contributed by atoms with van der Waals surface area (Å²) in [4.78, 5) is 11.7. The molecule has 0 bridgehead atoms. The van der Waals surface area contributed by atoms with Crippen molar-refractivity contribution in [3.8, 4) is 0 Å².